The molecule has 3 aromatic carbocycles. The van der Waals surface area contributed by atoms with Crippen molar-refractivity contribution >= 4 is 5.97 Å². The Morgan fingerprint density at radius 3 is 2.17 bits per heavy atom. The first-order valence-electron chi connectivity index (χ1n) is 9.70. The van der Waals surface area contributed by atoms with E-state index in [0.29, 0.717) is 18.6 Å². The molecule has 29 heavy (non-hydrogen) atoms. The van der Waals surface area contributed by atoms with Crippen LogP contribution in [-0.4, -0.2) is 17.7 Å². The molecule has 3 rings (SSSR count). The largest absolute Gasteiger partial charge is 0.462 e. The Hall–Kier alpha value is -3.17. The van der Waals surface area contributed by atoms with Gasteiger partial charge in [-0.25, -0.2) is 4.79 Å². The summed E-state index contributed by atoms with van der Waals surface area (Å²) in [6, 6.07) is 22.7. The molecule has 0 saturated carbocycles. The van der Waals surface area contributed by atoms with Gasteiger partial charge in [-0.2, -0.15) is 0 Å². The molecule has 3 aromatic rings. The minimum absolute atomic E-state index is 0.0337. The van der Waals surface area contributed by atoms with Crippen LogP contribution in [0.5, 0.6) is 0 Å². The number of esters is 1. The van der Waals surface area contributed by atoms with Gasteiger partial charge in [-0.3, -0.25) is 0 Å². The maximum absolute atomic E-state index is 11.7. The summed E-state index contributed by atoms with van der Waals surface area (Å²) in [6.45, 7) is 7.69. The lowest BCUT2D eigenvalue weighted by Crippen LogP contribution is -2.08. The lowest BCUT2D eigenvalue weighted by Gasteiger charge is -2.14. The minimum Gasteiger partial charge on any atom is -0.462 e. The molecule has 1 N–H and O–H groups in total. The molecular formula is C26H26O3. The molecule has 0 fully saturated rings. The van der Waals surface area contributed by atoms with E-state index < -0.39 is 0 Å². The molecule has 0 spiro atoms. The monoisotopic (exact) mass is 386 g/mol. The van der Waals surface area contributed by atoms with E-state index in [0.717, 1.165) is 33.4 Å². The van der Waals surface area contributed by atoms with Crippen LogP contribution in [0.4, 0.5) is 0 Å². The number of carbonyl (C=O) groups is 1. The van der Waals surface area contributed by atoms with Crippen LogP contribution in [0.1, 0.15) is 23.6 Å². The molecule has 0 amide bonds. The smallest absolute Gasteiger partial charge is 0.333 e. The average Bonchev–Trinajstić information content (AvgIpc) is 2.74. The quantitative estimate of drug-likeness (QED) is 0.432. The van der Waals surface area contributed by atoms with Crippen molar-refractivity contribution in [2.75, 3.05) is 6.61 Å². The second-order valence-electron chi connectivity index (χ2n) is 7.26. The number of aryl methyl sites for hydroxylation is 1. The number of aliphatic hydroxyl groups excluding tert-OH is 1. The third-order valence-corrected chi connectivity index (χ3v) is 4.89. The lowest BCUT2D eigenvalue weighted by atomic mass is 9.93. The third-order valence-electron chi connectivity index (χ3n) is 4.89. The molecule has 0 bridgehead atoms. The van der Waals surface area contributed by atoms with Gasteiger partial charge in [0.2, 0.25) is 0 Å². The summed E-state index contributed by atoms with van der Waals surface area (Å²) in [7, 11) is 0. The van der Waals surface area contributed by atoms with Gasteiger partial charge in [-0.05, 0) is 47.2 Å². The lowest BCUT2D eigenvalue weighted by molar-refractivity contribution is -0.138. The second kappa shape index (κ2) is 9.35. The SMILES string of the molecule is C=C(C)C(=O)OCCc1cc(-c2ccc(CO)cc2)ccc1-c1ccc(C)cc1. The van der Waals surface area contributed by atoms with Crippen molar-refractivity contribution in [1.82, 2.24) is 0 Å². The predicted molar refractivity (Wildman–Crippen MR) is 117 cm³/mol. The highest BCUT2D eigenvalue weighted by Gasteiger charge is 2.10. The van der Waals surface area contributed by atoms with Crippen LogP contribution in [0.3, 0.4) is 0 Å². The van der Waals surface area contributed by atoms with E-state index in [1.54, 1.807) is 6.92 Å². The number of hydrogen-bond acceptors (Lipinski definition) is 3. The number of carbonyl (C=O) groups excluding carboxylic acids is 1. The minimum atomic E-state index is -0.363. The number of ether oxygens (including phenoxy) is 1. The van der Waals surface area contributed by atoms with Crippen LogP contribution in [0.2, 0.25) is 0 Å². The molecule has 0 aliphatic heterocycles. The number of aliphatic hydroxyl groups is 1. The van der Waals surface area contributed by atoms with Crippen LogP contribution < -0.4 is 0 Å². The van der Waals surface area contributed by atoms with Crippen LogP contribution in [-0.2, 0) is 22.6 Å². The van der Waals surface area contributed by atoms with E-state index in [1.165, 1.54) is 5.56 Å². The maximum Gasteiger partial charge on any atom is 0.333 e. The number of hydrogen-bond donors (Lipinski definition) is 1. The average molecular weight is 386 g/mol. The summed E-state index contributed by atoms with van der Waals surface area (Å²) in [5.41, 5.74) is 8.06. The van der Waals surface area contributed by atoms with E-state index in [9.17, 15) is 9.90 Å². The maximum atomic E-state index is 11.7. The molecule has 0 aliphatic carbocycles. The summed E-state index contributed by atoms with van der Waals surface area (Å²) in [5.74, 6) is -0.363. The molecule has 0 aliphatic rings. The molecular weight excluding hydrogens is 360 g/mol. The summed E-state index contributed by atoms with van der Waals surface area (Å²) in [4.78, 5) is 11.7. The zero-order valence-corrected chi connectivity index (χ0v) is 16.9. The normalized spacial score (nSPS) is 10.6. The first-order valence-corrected chi connectivity index (χ1v) is 9.70. The molecule has 148 valence electrons. The van der Waals surface area contributed by atoms with Gasteiger partial charge in [0.25, 0.3) is 0 Å². The molecule has 3 heteroatoms. The van der Waals surface area contributed by atoms with E-state index in [-0.39, 0.29) is 12.6 Å². The Morgan fingerprint density at radius 2 is 1.55 bits per heavy atom. The van der Waals surface area contributed by atoms with Gasteiger partial charge < -0.3 is 9.84 Å². The van der Waals surface area contributed by atoms with Crippen LogP contribution >= 0.6 is 0 Å². The Balaban J connectivity index is 1.93. The van der Waals surface area contributed by atoms with Crippen molar-refractivity contribution in [3.63, 3.8) is 0 Å². The van der Waals surface area contributed by atoms with Gasteiger partial charge in [0.1, 0.15) is 0 Å². The van der Waals surface area contributed by atoms with E-state index in [2.05, 4.69) is 56.0 Å². The highest BCUT2D eigenvalue weighted by Crippen LogP contribution is 2.30. The predicted octanol–water partition coefficient (Wildman–Crippen LogP) is 5.48. The van der Waals surface area contributed by atoms with Crippen molar-refractivity contribution in [3.05, 3.63) is 95.6 Å². The third kappa shape index (κ3) is 5.21. The highest BCUT2D eigenvalue weighted by molar-refractivity contribution is 5.87. The molecule has 0 unspecified atom stereocenters. The number of rotatable bonds is 7. The number of benzene rings is 3. The van der Waals surface area contributed by atoms with Crippen LogP contribution in [0.25, 0.3) is 22.3 Å². The van der Waals surface area contributed by atoms with E-state index in [4.69, 9.17) is 4.74 Å². The molecule has 0 heterocycles. The summed E-state index contributed by atoms with van der Waals surface area (Å²) >= 11 is 0. The fraction of sp³-hybridized carbons (Fsp3) is 0.192. The van der Waals surface area contributed by atoms with Gasteiger partial charge in [0.05, 0.1) is 13.2 Å². The molecule has 0 aromatic heterocycles. The van der Waals surface area contributed by atoms with Crippen molar-refractivity contribution in [2.24, 2.45) is 0 Å². The van der Waals surface area contributed by atoms with Gasteiger partial charge in [0, 0.05) is 12.0 Å². The topological polar surface area (TPSA) is 46.5 Å². The molecule has 0 saturated heterocycles. The standard InChI is InChI=1S/C26H26O3/c1-18(2)26(28)29-15-14-24-16-23(21-10-6-20(17-27)7-11-21)12-13-25(24)22-8-4-19(3)5-9-22/h4-13,16,27H,1,14-15,17H2,2-3H3. The Bertz CT molecular complexity index is 999. The fourth-order valence-corrected chi connectivity index (χ4v) is 3.17. The van der Waals surface area contributed by atoms with E-state index >= 15 is 0 Å². The summed E-state index contributed by atoms with van der Waals surface area (Å²) in [6.07, 6.45) is 0.616. The van der Waals surface area contributed by atoms with Crippen molar-refractivity contribution < 1.29 is 14.6 Å². The summed E-state index contributed by atoms with van der Waals surface area (Å²) < 4.78 is 5.33. The van der Waals surface area contributed by atoms with Crippen LogP contribution in [0.15, 0.2) is 78.9 Å². The van der Waals surface area contributed by atoms with Crippen molar-refractivity contribution in [2.45, 2.75) is 26.9 Å². The van der Waals surface area contributed by atoms with Crippen molar-refractivity contribution in [3.8, 4) is 22.3 Å². The molecule has 0 radical (unpaired) electrons. The van der Waals surface area contributed by atoms with Gasteiger partial charge in [-0.1, -0.05) is 78.9 Å². The van der Waals surface area contributed by atoms with Gasteiger partial charge in [-0.15, -0.1) is 0 Å². The molecule has 3 nitrogen and oxygen atoms in total. The zero-order valence-electron chi connectivity index (χ0n) is 16.9. The molecule has 0 atom stereocenters. The first-order chi connectivity index (χ1) is 14.0. The highest BCUT2D eigenvalue weighted by atomic mass is 16.5. The first kappa shape index (κ1) is 20.6. The second-order valence-corrected chi connectivity index (χ2v) is 7.26. The fourth-order valence-electron chi connectivity index (χ4n) is 3.17. The zero-order chi connectivity index (χ0) is 20.8. The Labute approximate surface area is 172 Å². The van der Waals surface area contributed by atoms with Crippen molar-refractivity contribution in [1.29, 1.82) is 0 Å². The van der Waals surface area contributed by atoms with Gasteiger partial charge in [0.15, 0.2) is 0 Å². The van der Waals surface area contributed by atoms with Gasteiger partial charge >= 0.3 is 5.97 Å². The van der Waals surface area contributed by atoms with Crippen LogP contribution in [0, 0.1) is 6.92 Å². The summed E-state index contributed by atoms with van der Waals surface area (Å²) in [5, 5.41) is 9.26. The Morgan fingerprint density at radius 1 is 0.931 bits per heavy atom. The van der Waals surface area contributed by atoms with E-state index in [1.807, 2.05) is 24.3 Å². The Kier molecular flexibility index (Phi) is 6.63.